The summed E-state index contributed by atoms with van der Waals surface area (Å²) in [6, 6.07) is 7.51. The number of para-hydroxylation sites is 1. The molecule has 0 unspecified atom stereocenters. The van der Waals surface area contributed by atoms with E-state index in [0.29, 0.717) is 12.4 Å². The minimum atomic E-state index is -0.404. The number of carbonyl (C=O) groups is 2. The highest BCUT2D eigenvalue weighted by Gasteiger charge is 2.20. The molecule has 1 aromatic carbocycles. The molecule has 0 aromatic heterocycles. The van der Waals surface area contributed by atoms with E-state index in [-0.39, 0.29) is 24.2 Å². The van der Waals surface area contributed by atoms with Gasteiger partial charge in [-0.1, -0.05) is 78.0 Å². The lowest BCUT2D eigenvalue weighted by Crippen LogP contribution is -2.17. The van der Waals surface area contributed by atoms with Crippen LogP contribution in [-0.2, 0) is 19.7 Å². The summed E-state index contributed by atoms with van der Waals surface area (Å²) in [5, 5.41) is 0. The molecule has 0 saturated carbocycles. The molecule has 1 aromatic rings. The highest BCUT2D eigenvalue weighted by Crippen LogP contribution is 2.31. The summed E-state index contributed by atoms with van der Waals surface area (Å²) in [7, 11) is 0. The Morgan fingerprint density at radius 3 is 2.19 bits per heavy atom. The third-order valence-corrected chi connectivity index (χ3v) is 4.21. The van der Waals surface area contributed by atoms with E-state index in [1.807, 2.05) is 18.2 Å². The molecule has 4 heteroatoms. The first-order valence-electron chi connectivity index (χ1n) is 9.80. The molecule has 0 saturated heterocycles. The lowest BCUT2D eigenvalue weighted by Gasteiger charge is -2.22. The van der Waals surface area contributed by atoms with Crippen molar-refractivity contribution < 1.29 is 19.1 Å². The van der Waals surface area contributed by atoms with Crippen molar-refractivity contribution in [3.63, 3.8) is 0 Å². The van der Waals surface area contributed by atoms with Crippen LogP contribution in [0, 0.1) is 0 Å². The molecule has 0 atom stereocenters. The number of ether oxygens (including phenoxy) is 2. The van der Waals surface area contributed by atoms with Gasteiger partial charge >= 0.3 is 11.9 Å². The van der Waals surface area contributed by atoms with E-state index in [2.05, 4.69) is 27.7 Å². The maximum absolute atomic E-state index is 12.0. The van der Waals surface area contributed by atoms with Crippen LogP contribution in [0.3, 0.4) is 0 Å². The third-order valence-electron chi connectivity index (χ3n) is 4.21. The van der Waals surface area contributed by atoms with Crippen LogP contribution in [0.5, 0.6) is 5.75 Å². The largest absolute Gasteiger partial charge is 0.466 e. The molecule has 0 N–H and O–H groups in total. The Morgan fingerprint density at radius 2 is 1.50 bits per heavy atom. The third kappa shape index (κ3) is 9.02. The van der Waals surface area contributed by atoms with E-state index in [1.54, 1.807) is 6.07 Å². The van der Waals surface area contributed by atoms with Crippen molar-refractivity contribution in [2.75, 3.05) is 6.61 Å². The first kappa shape index (κ1) is 22.2. The number of esters is 2. The minimum absolute atomic E-state index is 0.0355. The van der Waals surface area contributed by atoms with Gasteiger partial charge in [-0.25, -0.2) is 0 Å². The van der Waals surface area contributed by atoms with Crippen molar-refractivity contribution in [2.45, 2.75) is 84.5 Å². The first-order chi connectivity index (χ1) is 12.3. The maximum atomic E-state index is 12.0. The predicted molar refractivity (Wildman–Crippen MR) is 104 cm³/mol. The number of hydrogen-bond acceptors (Lipinski definition) is 4. The van der Waals surface area contributed by atoms with Crippen LogP contribution in [-0.4, -0.2) is 18.5 Å². The van der Waals surface area contributed by atoms with Crippen LogP contribution >= 0.6 is 0 Å². The van der Waals surface area contributed by atoms with Gasteiger partial charge in [0.1, 0.15) is 5.75 Å². The van der Waals surface area contributed by atoms with Crippen molar-refractivity contribution in [1.29, 1.82) is 0 Å². The summed E-state index contributed by atoms with van der Waals surface area (Å²) in [4.78, 5) is 23.8. The summed E-state index contributed by atoms with van der Waals surface area (Å²) >= 11 is 0. The maximum Gasteiger partial charge on any atom is 0.311 e. The fraction of sp³-hybridized carbons (Fsp3) is 0.636. The molecule has 0 aliphatic rings. The van der Waals surface area contributed by atoms with Crippen LogP contribution in [0.4, 0.5) is 0 Å². The van der Waals surface area contributed by atoms with Gasteiger partial charge in [-0.05, 0) is 17.9 Å². The zero-order chi connectivity index (χ0) is 19.4. The van der Waals surface area contributed by atoms with Crippen LogP contribution in [0.25, 0.3) is 0 Å². The molecule has 0 fully saturated rings. The van der Waals surface area contributed by atoms with E-state index in [0.717, 1.165) is 18.4 Å². The smallest absolute Gasteiger partial charge is 0.311 e. The molecular formula is C22H34O4. The standard InChI is InChI=1S/C22H34O4/c1-5-6-7-8-9-12-17-25-20(23)15-16-21(24)26-19-14-11-10-13-18(19)22(2,3)4/h10-11,13-14H,5-9,12,15-17H2,1-4H3. The first-order valence-corrected chi connectivity index (χ1v) is 9.80. The molecule has 0 spiro atoms. The Hall–Kier alpha value is -1.84. The van der Waals surface area contributed by atoms with E-state index < -0.39 is 5.97 Å². The highest BCUT2D eigenvalue weighted by atomic mass is 16.5. The molecule has 0 bridgehead atoms. The van der Waals surface area contributed by atoms with Gasteiger partial charge in [0.2, 0.25) is 0 Å². The molecule has 1 rings (SSSR count). The van der Waals surface area contributed by atoms with Gasteiger partial charge in [0, 0.05) is 5.56 Å². The van der Waals surface area contributed by atoms with Gasteiger partial charge in [-0.2, -0.15) is 0 Å². The SMILES string of the molecule is CCCCCCCCOC(=O)CCC(=O)Oc1ccccc1C(C)(C)C. The Labute approximate surface area is 158 Å². The number of benzene rings is 1. The summed E-state index contributed by atoms with van der Waals surface area (Å²) in [6.45, 7) is 8.83. The Bertz CT molecular complexity index is 558. The molecule has 26 heavy (non-hydrogen) atoms. The van der Waals surface area contributed by atoms with E-state index in [1.165, 1.54) is 25.7 Å². The Balaban J connectivity index is 2.27. The molecule has 0 radical (unpaired) electrons. The molecule has 0 aliphatic heterocycles. The zero-order valence-corrected chi connectivity index (χ0v) is 16.8. The Morgan fingerprint density at radius 1 is 0.885 bits per heavy atom. The van der Waals surface area contributed by atoms with Crippen molar-refractivity contribution in [3.05, 3.63) is 29.8 Å². The van der Waals surface area contributed by atoms with Crippen molar-refractivity contribution in [3.8, 4) is 5.75 Å². The molecule has 0 heterocycles. The second-order valence-corrected chi connectivity index (χ2v) is 7.71. The number of carbonyl (C=O) groups excluding carboxylic acids is 2. The van der Waals surface area contributed by atoms with Gasteiger partial charge in [0.05, 0.1) is 19.4 Å². The van der Waals surface area contributed by atoms with Crippen LogP contribution < -0.4 is 4.74 Å². The second kappa shape index (κ2) is 11.7. The van der Waals surface area contributed by atoms with E-state index >= 15 is 0 Å². The van der Waals surface area contributed by atoms with E-state index in [9.17, 15) is 9.59 Å². The number of hydrogen-bond donors (Lipinski definition) is 0. The summed E-state index contributed by atoms with van der Waals surface area (Å²) in [6.07, 6.45) is 6.99. The zero-order valence-electron chi connectivity index (χ0n) is 16.8. The van der Waals surface area contributed by atoms with Crippen molar-refractivity contribution >= 4 is 11.9 Å². The van der Waals surface area contributed by atoms with Crippen LogP contribution in [0.2, 0.25) is 0 Å². The van der Waals surface area contributed by atoms with Gasteiger partial charge in [0.15, 0.2) is 0 Å². The van der Waals surface area contributed by atoms with Gasteiger partial charge < -0.3 is 9.47 Å². The van der Waals surface area contributed by atoms with Crippen LogP contribution in [0.1, 0.15) is 84.6 Å². The summed E-state index contributed by atoms with van der Waals surface area (Å²) in [5.74, 6) is -0.178. The average Bonchev–Trinajstić information content (AvgIpc) is 2.59. The molecule has 0 aliphatic carbocycles. The topological polar surface area (TPSA) is 52.6 Å². The fourth-order valence-electron chi connectivity index (χ4n) is 2.69. The van der Waals surface area contributed by atoms with E-state index in [4.69, 9.17) is 9.47 Å². The summed E-state index contributed by atoms with van der Waals surface area (Å²) in [5.41, 5.74) is 0.853. The van der Waals surface area contributed by atoms with Crippen molar-refractivity contribution in [1.82, 2.24) is 0 Å². The lowest BCUT2D eigenvalue weighted by atomic mass is 9.86. The highest BCUT2D eigenvalue weighted by molar-refractivity contribution is 5.79. The molecule has 4 nitrogen and oxygen atoms in total. The number of unbranched alkanes of at least 4 members (excludes halogenated alkanes) is 5. The van der Waals surface area contributed by atoms with Gasteiger partial charge in [-0.3, -0.25) is 9.59 Å². The van der Waals surface area contributed by atoms with Gasteiger partial charge in [-0.15, -0.1) is 0 Å². The normalized spacial score (nSPS) is 11.2. The Kier molecular flexibility index (Phi) is 10.0. The van der Waals surface area contributed by atoms with Gasteiger partial charge in [0.25, 0.3) is 0 Å². The summed E-state index contributed by atoms with van der Waals surface area (Å²) < 4.78 is 10.6. The molecular weight excluding hydrogens is 328 g/mol. The number of rotatable bonds is 11. The quantitative estimate of drug-likeness (QED) is 0.293. The fourth-order valence-corrected chi connectivity index (χ4v) is 2.69. The minimum Gasteiger partial charge on any atom is -0.466 e. The predicted octanol–water partition coefficient (Wildman–Crippen LogP) is 5.57. The lowest BCUT2D eigenvalue weighted by molar-refractivity contribution is -0.147. The van der Waals surface area contributed by atoms with Crippen molar-refractivity contribution in [2.24, 2.45) is 0 Å². The molecule has 146 valence electrons. The monoisotopic (exact) mass is 362 g/mol. The molecule has 0 amide bonds. The van der Waals surface area contributed by atoms with Crippen LogP contribution in [0.15, 0.2) is 24.3 Å². The average molecular weight is 363 g/mol. The second-order valence-electron chi connectivity index (χ2n) is 7.71.